The number of carboxylic acids is 1. The van der Waals surface area contributed by atoms with Crippen molar-refractivity contribution >= 4 is 23.7 Å². The predicted octanol–water partition coefficient (Wildman–Crippen LogP) is 3.10. The number of ether oxygens (including phenoxy) is 1. The zero-order valence-corrected chi connectivity index (χ0v) is 13.6. The van der Waals surface area contributed by atoms with Crippen LogP contribution in [0.4, 0.5) is 5.69 Å². The number of nitrogen functional groups attached to an aromatic ring is 1. The van der Waals surface area contributed by atoms with Gasteiger partial charge in [-0.25, -0.2) is 9.59 Å². The van der Waals surface area contributed by atoms with Gasteiger partial charge in [0.25, 0.3) is 0 Å². The third-order valence-electron chi connectivity index (χ3n) is 3.59. The molecule has 0 unspecified atom stereocenters. The predicted molar refractivity (Wildman–Crippen MR) is 92.2 cm³/mol. The van der Waals surface area contributed by atoms with E-state index in [0.29, 0.717) is 11.3 Å². The van der Waals surface area contributed by atoms with Crippen LogP contribution in [-0.2, 0) is 20.9 Å². The summed E-state index contributed by atoms with van der Waals surface area (Å²) in [5.41, 5.74) is 9.14. The SMILES string of the molecule is Cc1cc(/C=C(/C(=O)O)C(=O)OCc2ccccc2)cc(C)c1N. The molecule has 24 heavy (non-hydrogen) atoms. The van der Waals surface area contributed by atoms with Crippen LogP contribution in [0.3, 0.4) is 0 Å². The van der Waals surface area contributed by atoms with Gasteiger partial charge in [0.2, 0.25) is 0 Å². The first-order valence-corrected chi connectivity index (χ1v) is 7.41. The van der Waals surface area contributed by atoms with Crippen LogP contribution in [0.1, 0.15) is 22.3 Å². The van der Waals surface area contributed by atoms with Crippen LogP contribution in [-0.4, -0.2) is 17.0 Å². The largest absolute Gasteiger partial charge is 0.477 e. The third kappa shape index (κ3) is 4.23. The van der Waals surface area contributed by atoms with Gasteiger partial charge in [0.05, 0.1) is 0 Å². The molecule has 0 aliphatic heterocycles. The summed E-state index contributed by atoms with van der Waals surface area (Å²) in [6, 6.07) is 12.5. The molecular weight excluding hydrogens is 306 g/mol. The van der Waals surface area contributed by atoms with Gasteiger partial charge in [-0.05, 0) is 54.3 Å². The first-order chi connectivity index (χ1) is 11.4. The number of esters is 1. The highest BCUT2D eigenvalue weighted by Crippen LogP contribution is 2.21. The molecule has 0 fully saturated rings. The lowest BCUT2D eigenvalue weighted by Crippen LogP contribution is -2.15. The highest BCUT2D eigenvalue weighted by atomic mass is 16.5. The standard InChI is InChI=1S/C19H19NO4/c1-12-8-15(9-13(2)17(12)20)10-16(18(21)22)19(23)24-11-14-6-4-3-5-7-14/h3-10H,11,20H2,1-2H3,(H,21,22)/b16-10-. The number of hydrogen-bond donors (Lipinski definition) is 2. The van der Waals surface area contributed by atoms with Crippen LogP contribution >= 0.6 is 0 Å². The van der Waals surface area contributed by atoms with E-state index in [4.69, 9.17) is 10.5 Å². The molecule has 0 atom stereocenters. The lowest BCUT2D eigenvalue weighted by molar-refractivity contribution is -0.145. The summed E-state index contributed by atoms with van der Waals surface area (Å²) in [7, 11) is 0. The van der Waals surface area contributed by atoms with E-state index in [1.165, 1.54) is 6.08 Å². The van der Waals surface area contributed by atoms with Crippen molar-refractivity contribution in [2.75, 3.05) is 5.73 Å². The Morgan fingerprint density at radius 3 is 2.25 bits per heavy atom. The van der Waals surface area contributed by atoms with Gasteiger partial charge >= 0.3 is 11.9 Å². The molecule has 2 aromatic carbocycles. The van der Waals surface area contributed by atoms with Gasteiger partial charge < -0.3 is 15.6 Å². The van der Waals surface area contributed by atoms with Crippen molar-refractivity contribution < 1.29 is 19.4 Å². The van der Waals surface area contributed by atoms with Crippen LogP contribution in [0.15, 0.2) is 48.0 Å². The average Bonchev–Trinajstić information content (AvgIpc) is 2.56. The lowest BCUT2D eigenvalue weighted by atomic mass is 10.0. The quantitative estimate of drug-likeness (QED) is 0.290. The van der Waals surface area contributed by atoms with E-state index < -0.39 is 17.5 Å². The van der Waals surface area contributed by atoms with Crippen LogP contribution in [0, 0.1) is 13.8 Å². The Morgan fingerprint density at radius 1 is 1.12 bits per heavy atom. The number of benzene rings is 2. The summed E-state index contributed by atoms with van der Waals surface area (Å²) in [5, 5.41) is 9.30. The van der Waals surface area contributed by atoms with Crippen molar-refractivity contribution in [3.8, 4) is 0 Å². The fourth-order valence-corrected chi connectivity index (χ4v) is 2.27. The summed E-state index contributed by atoms with van der Waals surface area (Å²) < 4.78 is 5.10. The van der Waals surface area contributed by atoms with E-state index in [9.17, 15) is 14.7 Å². The van der Waals surface area contributed by atoms with E-state index in [0.717, 1.165) is 16.7 Å². The average molecular weight is 325 g/mol. The molecule has 0 aliphatic rings. The van der Waals surface area contributed by atoms with E-state index in [-0.39, 0.29) is 6.61 Å². The molecule has 0 radical (unpaired) electrons. The van der Waals surface area contributed by atoms with Crippen molar-refractivity contribution in [3.63, 3.8) is 0 Å². The second-order valence-electron chi connectivity index (χ2n) is 5.49. The number of carboxylic acid groups (broad SMARTS) is 1. The number of nitrogens with two attached hydrogens (primary N) is 1. The maximum atomic E-state index is 12.1. The first kappa shape index (κ1) is 17.3. The van der Waals surface area contributed by atoms with E-state index in [1.54, 1.807) is 24.3 Å². The van der Waals surface area contributed by atoms with Gasteiger partial charge in [0.15, 0.2) is 0 Å². The van der Waals surface area contributed by atoms with E-state index >= 15 is 0 Å². The van der Waals surface area contributed by atoms with Gasteiger partial charge in [-0.3, -0.25) is 0 Å². The van der Waals surface area contributed by atoms with Gasteiger partial charge in [-0.15, -0.1) is 0 Å². The van der Waals surface area contributed by atoms with Crippen molar-refractivity contribution in [1.82, 2.24) is 0 Å². The highest BCUT2D eigenvalue weighted by Gasteiger charge is 2.19. The van der Waals surface area contributed by atoms with Crippen LogP contribution in [0.25, 0.3) is 6.08 Å². The number of carbonyl (C=O) groups excluding carboxylic acids is 1. The first-order valence-electron chi connectivity index (χ1n) is 7.41. The topological polar surface area (TPSA) is 89.6 Å². The molecule has 0 heterocycles. The molecule has 2 rings (SSSR count). The lowest BCUT2D eigenvalue weighted by Gasteiger charge is -2.08. The Hall–Kier alpha value is -3.08. The molecule has 0 bridgehead atoms. The van der Waals surface area contributed by atoms with Crippen molar-refractivity contribution in [2.24, 2.45) is 0 Å². The second kappa shape index (κ2) is 7.46. The molecule has 0 aliphatic carbocycles. The molecule has 2 aromatic rings. The van der Waals surface area contributed by atoms with Crippen LogP contribution in [0.2, 0.25) is 0 Å². The molecule has 0 spiro atoms. The third-order valence-corrected chi connectivity index (χ3v) is 3.59. The Morgan fingerprint density at radius 2 is 1.71 bits per heavy atom. The van der Waals surface area contributed by atoms with Crippen LogP contribution < -0.4 is 5.73 Å². The van der Waals surface area contributed by atoms with Gasteiger partial charge in [0.1, 0.15) is 12.2 Å². The molecule has 0 aromatic heterocycles. The summed E-state index contributed by atoms with van der Waals surface area (Å²) >= 11 is 0. The van der Waals surface area contributed by atoms with Crippen LogP contribution in [0.5, 0.6) is 0 Å². The number of aliphatic carboxylic acids is 1. The zero-order chi connectivity index (χ0) is 17.7. The maximum Gasteiger partial charge on any atom is 0.345 e. The molecule has 5 heteroatoms. The summed E-state index contributed by atoms with van der Waals surface area (Å²) in [4.78, 5) is 23.5. The molecular formula is C19H19NO4. The molecule has 124 valence electrons. The van der Waals surface area contributed by atoms with Gasteiger partial charge in [0, 0.05) is 5.69 Å². The molecule has 3 N–H and O–H groups in total. The minimum Gasteiger partial charge on any atom is -0.477 e. The smallest absolute Gasteiger partial charge is 0.345 e. The minimum absolute atomic E-state index is 0.0179. The van der Waals surface area contributed by atoms with E-state index in [2.05, 4.69) is 0 Å². The van der Waals surface area contributed by atoms with E-state index in [1.807, 2.05) is 32.0 Å². The monoisotopic (exact) mass is 325 g/mol. The number of aryl methyl sites for hydroxylation is 2. The molecule has 0 saturated heterocycles. The summed E-state index contributed by atoms with van der Waals surface area (Å²) in [6.45, 7) is 3.67. The normalized spacial score (nSPS) is 11.2. The number of anilines is 1. The van der Waals surface area contributed by atoms with Gasteiger partial charge in [-0.1, -0.05) is 30.3 Å². The molecule has 5 nitrogen and oxygen atoms in total. The fraction of sp³-hybridized carbons (Fsp3) is 0.158. The minimum atomic E-state index is -1.33. The van der Waals surface area contributed by atoms with Gasteiger partial charge in [-0.2, -0.15) is 0 Å². The molecule has 0 amide bonds. The second-order valence-corrected chi connectivity index (χ2v) is 5.49. The number of rotatable bonds is 5. The highest BCUT2D eigenvalue weighted by molar-refractivity contribution is 6.17. The van der Waals surface area contributed by atoms with Crippen molar-refractivity contribution in [2.45, 2.75) is 20.5 Å². The Labute approximate surface area is 140 Å². The molecule has 0 saturated carbocycles. The number of hydrogen-bond acceptors (Lipinski definition) is 4. The Bertz CT molecular complexity index is 771. The summed E-state index contributed by atoms with van der Waals surface area (Å²) in [5.74, 6) is -2.21. The summed E-state index contributed by atoms with van der Waals surface area (Å²) in [6.07, 6.45) is 1.30. The van der Waals surface area contributed by atoms with Crippen molar-refractivity contribution in [1.29, 1.82) is 0 Å². The Kier molecular flexibility index (Phi) is 5.37. The fourth-order valence-electron chi connectivity index (χ4n) is 2.27. The number of carbonyl (C=O) groups is 2. The maximum absolute atomic E-state index is 12.1. The Balaban J connectivity index is 2.22. The van der Waals surface area contributed by atoms with Crippen molar-refractivity contribution in [3.05, 3.63) is 70.3 Å². The zero-order valence-electron chi connectivity index (χ0n) is 13.6.